The first kappa shape index (κ1) is 13.5. The van der Waals surface area contributed by atoms with Gasteiger partial charge < -0.3 is 15.6 Å². The van der Waals surface area contributed by atoms with Crippen LogP contribution in [0.4, 0.5) is 0 Å². The molecule has 1 heterocycles. The predicted molar refractivity (Wildman–Crippen MR) is 49.6 cm³/mol. The fourth-order valence-corrected chi connectivity index (χ4v) is 0.869. The van der Waals surface area contributed by atoms with E-state index in [9.17, 15) is 5.11 Å². The SMILES string of the molecule is COC1N=C(C)C(N)=C(O)N1N.[Cl][Cu]. The number of halogens is 1. The molecule has 1 rings (SSSR count). The molecule has 86 valence electrons. The third-order valence-corrected chi connectivity index (χ3v) is 1.63. The molecule has 14 heavy (non-hydrogen) atoms. The van der Waals surface area contributed by atoms with Crippen molar-refractivity contribution in [3.8, 4) is 0 Å². The number of nitrogens with zero attached hydrogens (tertiary/aromatic N) is 2. The second kappa shape index (κ2) is 6.10. The number of aliphatic hydroxyl groups is 1. The van der Waals surface area contributed by atoms with E-state index in [2.05, 4.69) is 30.2 Å². The number of rotatable bonds is 1. The van der Waals surface area contributed by atoms with Crippen LogP contribution in [0.2, 0.25) is 0 Å². The van der Waals surface area contributed by atoms with E-state index in [0.717, 1.165) is 5.01 Å². The van der Waals surface area contributed by atoms with Crippen molar-refractivity contribution in [1.82, 2.24) is 5.01 Å². The molecule has 0 saturated heterocycles. The van der Waals surface area contributed by atoms with Crippen LogP contribution in [0.15, 0.2) is 16.6 Å². The van der Waals surface area contributed by atoms with Crippen molar-refractivity contribution in [2.45, 2.75) is 13.3 Å². The first-order chi connectivity index (χ1) is 6.57. The fraction of sp³-hybridized carbons (Fsp3) is 0.500. The van der Waals surface area contributed by atoms with Crippen LogP contribution < -0.4 is 11.6 Å². The van der Waals surface area contributed by atoms with E-state index in [4.69, 9.17) is 16.3 Å². The molecular weight excluding hydrogens is 259 g/mol. The summed E-state index contributed by atoms with van der Waals surface area (Å²) in [5, 5.41) is 10.3. The molecular formula is C6H12ClCuN4O2. The molecule has 0 aromatic heterocycles. The van der Waals surface area contributed by atoms with Crippen LogP contribution in [0.3, 0.4) is 0 Å². The first-order valence-electron chi connectivity index (χ1n) is 3.49. The summed E-state index contributed by atoms with van der Waals surface area (Å²) in [7, 11) is 5.64. The third-order valence-electron chi connectivity index (χ3n) is 1.63. The molecule has 0 amide bonds. The van der Waals surface area contributed by atoms with Crippen LogP contribution in [0.5, 0.6) is 0 Å². The second-order valence-corrected chi connectivity index (χ2v) is 2.42. The van der Waals surface area contributed by atoms with E-state index >= 15 is 0 Å². The molecule has 5 N–H and O–H groups in total. The van der Waals surface area contributed by atoms with Gasteiger partial charge in [0.1, 0.15) is 5.70 Å². The first-order valence-corrected chi connectivity index (χ1v) is 4.79. The number of hydrazine groups is 1. The average Bonchev–Trinajstić information content (AvgIpc) is 2.23. The second-order valence-electron chi connectivity index (χ2n) is 2.42. The van der Waals surface area contributed by atoms with Crippen molar-refractivity contribution in [3.05, 3.63) is 11.6 Å². The van der Waals surface area contributed by atoms with Gasteiger partial charge in [0.05, 0.1) is 5.71 Å². The van der Waals surface area contributed by atoms with Gasteiger partial charge in [-0.3, -0.25) is 0 Å². The van der Waals surface area contributed by atoms with Crippen LogP contribution >= 0.6 is 10.1 Å². The minimum atomic E-state index is -0.697. The van der Waals surface area contributed by atoms with Gasteiger partial charge in [0.25, 0.3) is 0 Å². The van der Waals surface area contributed by atoms with Gasteiger partial charge >= 0.3 is 25.2 Å². The van der Waals surface area contributed by atoms with Gasteiger partial charge in [-0.25, -0.2) is 15.8 Å². The number of ether oxygens (including phenoxy) is 1. The fourth-order valence-electron chi connectivity index (χ4n) is 0.869. The Bertz CT molecular complexity index is 258. The van der Waals surface area contributed by atoms with Gasteiger partial charge in [-0.15, -0.1) is 0 Å². The van der Waals surface area contributed by atoms with E-state index in [1.54, 1.807) is 6.92 Å². The van der Waals surface area contributed by atoms with Crippen molar-refractivity contribution >= 4 is 15.8 Å². The summed E-state index contributed by atoms with van der Waals surface area (Å²) >= 11 is 3.66. The Morgan fingerprint density at radius 3 is 2.57 bits per heavy atom. The maximum absolute atomic E-state index is 9.31. The number of aliphatic imine (C=N–C) groups is 1. The number of allylic oxidation sites excluding steroid dienone is 1. The molecule has 0 aromatic rings. The normalized spacial score (nSPS) is 21.4. The van der Waals surface area contributed by atoms with E-state index in [1.807, 2.05) is 0 Å². The molecule has 0 radical (unpaired) electrons. The molecule has 1 unspecified atom stereocenters. The molecule has 1 atom stereocenters. The third kappa shape index (κ3) is 2.76. The Hall–Kier alpha value is -0.461. The zero-order chi connectivity index (χ0) is 11.3. The summed E-state index contributed by atoms with van der Waals surface area (Å²) in [6.07, 6.45) is -0.697. The van der Waals surface area contributed by atoms with Gasteiger partial charge in [0, 0.05) is 7.11 Å². The molecule has 1 aliphatic rings. The van der Waals surface area contributed by atoms with Crippen LogP contribution in [0.25, 0.3) is 0 Å². The molecule has 6 nitrogen and oxygen atoms in total. The molecule has 0 bridgehead atoms. The van der Waals surface area contributed by atoms with Crippen molar-refractivity contribution < 1.29 is 24.9 Å². The van der Waals surface area contributed by atoms with Gasteiger partial charge in [-0.1, -0.05) is 0 Å². The monoisotopic (exact) mass is 270 g/mol. The molecule has 8 heteroatoms. The van der Waals surface area contributed by atoms with E-state index < -0.39 is 6.35 Å². The molecule has 0 spiro atoms. The Labute approximate surface area is 94.6 Å². The predicted octanol–water partition coefficient (Wildman–Crippen LogP) is -0.0606. The number of hydrogen-bond acceptors (Lipinski definition) is 6. The van der Waals surface area contributed by atoms with Gasteiger partial charge in [0.2, 0.25) is 12.2 Å². The number of methoxy groups -OCH3 is 1. The number of aliphatic hydroxyl groups excluding tert-OH is 1. The molecule has 1 aliphatic heterocycles. The molecule has 0 saturated carbocycles. The van der Waals surface area contributed by atoms with E-state index in [0.29, 0.717) is 5.71 Å². The topological polar surface area (TPSA) is 97.1 Å². The quantitative estimate of drug-likeness (QED) is 0.458. The van der Waals surface area contributed by atoms with Gasteiger partial charge in [0.15, 0.2) is 0 Å². The van der Waals surface area contributed by atoms with Crippen LogP contribution in [0, 0.1) is 0 Å². The Balaban J connectivity index is 0.000000791. The zero-order valence-corrected chi connectivity index (χ0v) is 9.36. The summed E-state index contributed by atoms with van der Waals surface area (Å²) in [6, 6.07) is 0. The number of nitrogens with two attached hydrogens (primary N) is 2. The van der Waals surface area contributed by atoms with Crippen LogP contribution in [-0.2, 0) is 19.8 Å². The van der Waals surface area contributed by atoms with Gasteiger partial charge in [-0.2, -0.15) is 0 Å². The van der Waals surface area contributed by atoms with Crippen molar-refractivity contribution in [2.75, 3.05) is 7.11 Å². The summed E-state index contributed by atoms with van der Waals surface area (Å²) in [5.41, 5.74) is 6.14. The summed E-state index contributed by atoms with van der Waals surface area (Å²) in [4.78, 5) is 3.97. The molecule has 0 aliphatic carbocycles. The minimum absolute atomic E-state index is 0.172. The zero-order valence-electron chi connectivity index (χ0n) is 7.66. The maximum atomic E-state index is 9.31. The Morgan fingerprint density at radius 2 is 2.14 bits per heavy atom. The Kier molecular flexibility index (Phi) is 5.90. The summed E-state index contributed by atoms with van der Waals surface area (Å²) in [6.45, 7) is 1.67. The number of hydrogen-bond donors (Lipinski definition) is 3. The standard InChI is InChI=1S/C6H12N4O2.ClH.Cu/c1-3-4(7)5(11)10(8)6(9-3)12-2;;/h6,11H,7-8H2,1-2H3;1H;/q;;+1/p-1. The Morgan fingerprint density at radius 1 is 1.64 bits per heavy atom. The van der Waals surface area contributed by atoms with Crippen molar-refractivity contribution in [1.29, 1.82) is 0 Å². The van der Waals surface area contributed by atoms with Crippen LogP contribution in [0.1, 0.15) is 6.92 Å². The van der Waals surface area contributed by atoms with Crippen LogP contribution in [-0.4, -0.2) is 29.3 Å². The van der Waals surface area contributed by atoms with E-state index in [1.165, 1.54) is 7.11 Å². The van der Waals surface area contributed by atoms with Crippen molar-refractivity contribution in [2.24, 2.45) is 16.6 Å². The average molecular weight is 271 g/mol. The summed E-state index contributed by atoms with van der Waals surface area (Å²) < 4.78 is 4.86. The molecule has 0 aromatic carbocycles. The molecule has 0 fully saturated rings. The van der Waals surface area contributed by atoms with Crippen molar-refractivity contribution in [3.63, 3.8) is 0 Å². The van der Waals surface area contributed by atoms with Gasteiger partial charge in [-0.05, 0) is 6.92 Å². The van der Waals surface area contributed by atoms with E-state index in [-0.39, 0.29) is 11.6 Å². The summed E-state index contributed by atoms with van der Waals surface area (Å²) in [5.74, 6) is 5.19.